The Hall–Kier alpha value is -1.14. The molecule has 5 nitrogen and oxygen atoms in total. The quantitative estimate of drug-likeness (QED) is 0.235. The molecular weight excluding hydrogens is 213 g/mol. The van der Waals surface area contributed by atoms with Crippen LogP contribution in [-0.2, 0) is 5.75 Å². The molecule has 0 radical (unpaired) electrons. The third kappa shape index (κ3) is 2.67. The Morgan fingerprint density at radius 1 is 1.53 bits per heavy atom. The van der Waals surface area contributed by atoms with Crippen molar-refractivity contribution in [3.63, 3.8) is 0 Å². The van der Waals surface area contributed by atoms with E-state index in [0.717, 1.165) is 11.1 Å². The van der Waals surface area contributed by atoms with Crippen molar-refractivity contribution in [2.75, 3.05) is 0 Å². The molecule has 1 aromatic carbocycles. The van der Waals surface area contributed by atoms with Crippen LogP contribution in [0.1, 0.15) is 11.1 Å². The maximum absolute atomic E-state index is 9.11. The first-order valence-electron chi connectivity index (χ1n) is 4.25. The van der Waals surface area contributed by atoms with E-state index in [9.17, 15) is 0 Å². The summed E-state index contributed by atoms with van der Waals surface area (Å²) in [5.74, 6) is 0.445. The maximum Gasteiger partial charge on any atom is 0.488 e. The van der Waals surface area contributed by atoms with Crippen LogP contribution in [0.5, 0.6) is 0 Å². The highest BCUT2D eigenvalue weighted by molar-refractivity contribution is 7.79. The summed E-state index contributed by atoms with van der Waals surface area (Å²) >= 11 is 4.11. The predicted molar refractivity (Wildman–Crippen MR) is 62.5 cm³/mol. The Morgan fingerprint density at radius 2 is 2.20 bits per heavy atom. The van der Waals surface area contributed by atoms with E-state index in [1.165, 1.54) is 6.07 Å². The molecule has 0 heterocycles. The van der Waals surface area contributed by atoms with Gasteiger partial charge < -0.3 is 10.0 Å². The van der Waals surface area contributed by atoms with Crippen LogP contribution in [0, 0.1) is 6.92 Å². The monoisotopic (exact) mass is 223 g/mol. The molecule has 0 aliphatic heterocycles. The topological polar surface area (TPSA) is 89.2 Å². The lowest BCUT2D eigenvalue weighted by atomic mass is 9.76. The molecule has 0 aliphatic rings. The van der Waals surface area contributed by atoms with E-state index in [-0.39, 0.29) is 0 Å². The minimum Gasteiger partial charge on any atom is -0.423 e. The second-order valence-corrected chi connectivity index (χ2v) is 3.36. The average Bonchev–Trinajstić information content (AvgIpc) is 2.20. The first kappa shape index (κ1) is 11.9. The van der Waals surface area contributed by atoms with Crippen LogP contribution >= 0.6 is 12.6 Å². The smallest absolute Gasteiger partial charge is 0.423 e. The van der Waals surface area contributed by atoms with Gasteiger partial charge in [-0.05, 0) is 35.1 Å². The number of azide groups is 1. The molecule has 78 valence electrons. The van der Waals surface area contributed by atoms with Gasteiger partial charge in [-0.2, -0.15) is 12.6 Å². The van der Waals surface area contributed by atoms with E-state index in [1.54, 1.807) is 13.0 Å². The molecule has 0 spiro atoms. The van der Waals surface area contributed by atoms with Crippen molar-refractivity contribution >= 4 is 30.9 Å². The van der Waals surface area contributed by atoms with Crippen LogP contribution in [0.3, 0.4) is 0 Å². The zero-order chi connectivity index (χ0) is 11.4. The van der Waals surface area contributed by atoms with Crippen molar-refractivity contribution in [3.8, 4) is 0 Å². The number of hydrogen-bond donors (Lipinski definition) is 3. The molecule has 0 amide bonds. The fourth-order valence-electron chi connectivity index (χ4n) is 1.32. The minimum atomic E-state index is -1.57. The molecule has 1 aromatic rings. The maximum atomic E-state index is 9.11. The number of nitrogens with zero attached hydrogens (tertiary/aromatic N) is 3. The molecule has 7 heteroatoms. The van der Waals surface area contributed by atoms with Crippen molar-refractivity contribution in [1.82, 2.24) is 0 Å². The van der Waals surface area contributed by atoms with E-state index in [2.05, 4.69) is 22.7 Å². The van der Waals surface area contributed by atoms with Gasteiger partial charge >= 0.3 is 7.12 Å². The van der Waals surface area contributed by atoms with Crippen LogP contribution < -0.4 is 5.46 Å². The third-order valence-electron chi connectivity index (χ3n) is 2.15. The van der Waals surface area contributed by atoms with Gasteiger partial charge in [-0.3, -0.25) is 0 Å². The van der Waals surface area contributed by atoms with Gasteiger partial charge in [0.15, 0.2) is 0 Å². The molecular formula is C8H10BN3O2S. The van der Waals surface area contributed by atoms with Crippen molar-refractivity contribution in [1.29, 1.82) is 0 Å². The highest BCUT2D eigenvalue weighted by Gasteiger charge is 2.16. The normalized spacial score (nSPS) is 9.60. The van der Waals surface area contributed by atoms with Crippen molar-refractivity contribution in [2.45, 2.75) is 12.7 Å². The van der Waals surface area contributed by atoms with Crippen molar-refractivity contribution in [3.05, 3.63) is 33.7 Å². The van der Waals surface area contributed by atoms with E-state index in [4.69, 9.17) is 15.6 Å². The van der Waals surface area contributed by atoms with Crippen molar-refractivity contribution in [2.24, 2.45) is 5.11 Å². The fourth-order valence-corrected chi connectivity index (χ4v) is 1.65. The van der Waals surface area contributed by atoms with E-state index >= 15 is 0 Å². The third-order valence-corrected chi connectivity index (χ3v) is 2.49. The Balaban J connectivity index is 3.37. The zero-order valence-electron chi connectivity index (χ0n) is 8.12. The van der Waals surface area contributed by atoms with Crippen molar-refractivity contribution < 1.29 is 10.0 Å². The van der Waals surface area contributed by atoms with Gasteiger partial charge in [0.2, 0.25) is 0 Å². The molecule has 0 saturated heterocycles. The van der Waals surface area contributed by atoms with E-state index in [1.807, 2.05) is 0 Å². The van der Waals surface area contributed by atoms with Gasteiger partial charge in [0, 0.05) is 16.4 Å². The molecule has 0 atom stereocenters. The van der Waals surface area contributed by atoms with Gasteiger partial charge in [-0.1, -0.05) is 11.2 Å². The number of thiol groups is 1. The Bertz CT molecular complexity index is 419. The largest absolute Gasteiger partial charge is 0.488 e. The highest BCUT2D eigenvalue weighted by Crippen LogP contribution is 2.18. The zero-order valence-corrected chi connectivity index (χ0v) is 9.02. The lowest BCUT2D eigenvalue weighted by Gasteiger charge is -2.10. The summed E-state index contributed by atoms with van der Waals surface area (Å²) in [7, 11) is -1.57. The number of hydrogen-bond acceptors (Lipinski definition) is 4. The predicted octanol–water partition coefficient (Wildman–Crippen LogP) is 1.05. The van der Waals surface area contributed by atoms with Crippen LogP contribution in [0.25, 0.3) is 10.4 Å². The second kappa shape index (κ2) is 5.09. The summed E-state index contributed by atoms with van der Waals surface area (Å²) in [6.07, 6.45) is 0. The number of benzene rings is 1. The van der Waals surface area contributed by atoms with Crippen LogP contribution in [0.2, 0.25) is 0 Å². The first-order chi connectivity index (χ1) is 7.10. The summed E-state index contributed by atoms with van der Waals surface area (Å²) in [5.41, 5.74) is 10.5. The molecule has 15 heavy (non-hydrogen) atoms. The molecule has 0 fully saturated rings. The van der Waals surface area contributed by atoms with Gasteiger partial charge in [0.1, 0.15) is 0 Å². The number of rotatable bonds is 3. The molecule has 0 saturated carbocycles. The molecule has 2 N–H and O–H groups in total. The molecule has 0 aromatic heterocycles. The summed E-state index contributed by atoms with van der Waals surface area (Å²) in [6, 6.07) is 3.13. The molecule has 0 bridgehead atoms. The van der Waals surface area contributed by atoms with E-state index in [0.29, 0.717) is 16.9 Å². The summed E-state index contributed by atoms with van der Waals surface area (Å²) in [5, 5.41) is 21.6. The van der Waals surface area contributed by atoms with Crippen LogP contribution in [0.15, 0.2) is 17.2 Å². The standard InChI is InChI=1S/C8H10BN3O2S/c1-5-6(4-15)2-7(11-12-10)3-8(5)9(13)14/h2-3,13-15H,4H2,1H3. The van der Waals surface area contributed by atoms with E-state index < -0.39 is 7.12 Å². The average molecular weight is 223 g/mol. The fraction of sp³-hybridized carbons (Fsp3) is 0.250. The second-order valence-electron chi connectivity index (χ2n) is 3.04. The molecule has 0 unspecified atom stereocenters. The molecule has 1 rings (SSSR count). The van der Waals surface area contributed by atoms with Gasteiger partial charge in [-0.15, -0.1) is 0 Å². The SMILES string of the molecule is Cc1c(CS)cc(N=[N+]=[N-])cc1B(O)O. The summed E-state index contributed by atoms with van der Waals surface area (Å²) in [6.45, 7) is 1.76. The summed E-state index contributed by atoms with van der Waals surface area (Å²) in [4.78, 5) is 2.65. The first-order valence-corrected chi connectivity index (χ1v) is 4.89. The molecule has 0 aliphatic carbocycles. The van der Waals surface area contributed by atoms with Crippen LogP contribution in [-0.4, -0.2) is 17.2 Å². The minimum absolute atomic E-state index is 0.337. The lowest BCUT2D eigenvalue weighted by Crippen LogP contribution is -2.32. The van der Waals surface area contributed by atoms with Gasteiger partial charge in [-0.25, -0.2) is 0 Å². The Labute approximate surface area is 92.9 Å². The summed E-state index contributed by atoms with van der Waals surface area (Å²) < 4.78 is 0. The lowest BCUT2D eigenvalue weighted by molar-refractivity contribution is 0.425. The van der Waals surface area contributed by atoms with Gasteiger partial charge in [0.25, 0.3) is 0 Å². The van der Waals surface area contributed by atoms with Crippen LogP contribution in [0.4, 0.5) is 5.69 Å². The Morgan fingerprint density at radius 3 is 2.67 bits per heavy atom. The van der Waals surface area contributed by atoms with Gasteiger partial charge in [0.05, 0.1) is 0 Å². The highest BCUT2D eigenvalue weighted by atomic mass is 32.1. The Kier molecular flexibility index (Phi) is 4.05.